The first-order valence-electron chi connectivity index (χ1n) is 7.68. The standard InChI is InChI=1S/C16H17F3N2O3S/c1-3-8(2)21(12(22)4-5-13(23)24)7-11-20-15-14(19)9(17)6-10(18)16(15)25-11/h6,8H,3-5,7H2,1-2H3,(H,23,24). The van der Waals surface area contributed by atoms with Gasteiger partial charge in [-0.05, 0) is 13.3 Å². The van der Waals surface area contributed by atoms with Gasteiger partial charge in [-0.3, -0.25) is 9.59 Å². The molecule has 9 heteroatoms. The maximum absolute atomic E-state index is 13.8. The lowest BCUT2D eigenvalue weighted by Crippen LogP contribution is -2.37. The van der Waals surface area contributed by atoms with E-state index in [1.807, 2.05) is 6.92 Å². The molecule has 1 heterocycles. The van der Waals surface area contributed by atoms with E-state index >= 15 is 0 Å². The number of fused-ring (bicyclic) bond motifs is 1. The van der Waals surface area contributed by atoms with Crippen molar-refractivity contribution >= 4 is 33.4 Å². The fourth-order valence-corrected chi connectivity index (χ4v) is 3.27. The molecule has 0 saturated carbocycles. The summed E-state index contributed by atoms with van der Waals surface area (Å²) in [6.45, 7) is 3.62. The van der Waals surface area contributed by atoms with Crippen LogP contribution in [-0.4, -0.2) is 32.9 Å². The third kappa shape index (κ3) is 4.28. The van der Waals surface area contributed by atoms with Crippen molar-refractivity contribution < 1.29 is 27.9 Å². The van der Waals surface area contributed by atoms with Crippen LogP contribution in [0.4, 0.5) is 13.2 Å². The normalized spacial score (nSPS) is 12.4. The summed E-state index contributed by atoms with van der Waals surface area (Å²) in [4.78, 5) is 28.3. The molecular formula is C16H17F3N2O3S. The molecule has 1 N–H and O–H groups in total. The van der Waals surface area contributed by atoms with Crippen molar-refractivity contribution in [1.82, 2.24) is 9.88 Å². The highest BCUT2D eigenvalue weighted by Gasteiger charge is 2.23. The van der Waals surface area contributed by atoms with Crippen molar-refractivity contribution in [3.8, 4) is 0 Å². The van der Waals surface area contributed by atoms with Gasteiger partial charge >= 0.3 is 5.97 Å². The van der Waals surface area contributed by atoms with Gasteiger partial charge in [0.1, 0.15) is 16.3 Å². The number of aliphatic carboxylic acids is 1. The number of halogens is 3. The highest BCUT2D eigenvalue weighted by molar-refractivity contribution is 7.18. The van der Waals surface area contributed by atoms with E-state index in [4.69, 9.17) is 5.11 Å². The van der Waals surface area contributed by atoms with E-state index in [1.165, 1.54) is 4.90 Å². The Morgan fingerprint density at radius 2 is 1.96 bits per heavy atom. The van der Waals surface area contributed by atoms with E-state index in [-0.39, 0.29) is 41.0 Å². The number of aromatic nitrogens is 1. The molecule has 2 aromatic rings. The minimum Gasteiger partial charge on any atom is -0.481 e. The van der Waals surface area contributed by atoms with Crippen molar-refractivity contribution in [2.24, 2.45) is 0 Å². The van der Waals surface area contributed by atoms with Gasteiger partial charge in [-0.25, -0.2) is 18.2 Å². The number of benzene rings is 1. The summed E-state index contributed by atoms with van der Waals surface area (Å²) < 4.78 is 40.8. The molecule has 1 amide bonds. The number of thiazole rings is 1. The fourth-order valence-electron chi connectivity index (χ4n) is 2.31. The zero-order valence-corrected chi connectivity index (χ0v) is 14.5. The van der Waals surface area contributed by atoms with Crippen LogP contribution < -0.4 is 0 Å². The van der Waals surface area contributed by atoms with Crippen molar-refractivity contribution in [3.05, 3.63) is 28.5 Å². The van der Waals surface area contributed by atoms with Gasteiger partial charge in [0.05, 0.1) is 17.7 Å². The van der Waals surface area contributed by atoms with Crippen molar-refractivity contribution in [2.45, 2.75) is 45.7 Å². The number of hydrogen-bond donors (Lipinski definition) is 1. The number of amides is 1. The zero-order chi connectivity index (χ0) is 18.7. The number of carbonyl (C=O) groups excluding carboxylic acids is 1. The number of rotatable bonds is 7. The van der Waals surface area contributed by atoms with Crippen molar-refractivity contribution in [2.75, 3.05) is 0 Å². The van der Waals surface area contributed by atoms with Crippen LogP contribution >= 0.6 is 11.3 Å². The summed E-state index contributed by atoms with van der Waals surface area (Å²) in [5.74, 6) is -4.94. The smallest absolute Gasteiger partial charge is 0.303 e. The van der Waals surface area contributed by atoms with Crippen LogP contribution in [0.5, 0.6) is 0 Å². The highest BCUT2D eigenvalue weighted by Crippen LogP contribution is 2.30. The highest BCUT2D eigenvalue weighted by atomic mass is 32.1. The molecule has 1 atom stereocenters. The molecular weight excluding hydrogens is 357 g/mol. The molecule has 0 radical (unpaired) electrons. The lowest BCUT2D eigenvalue weighted by molar-refractivity contribution is -0.141. The van der Waals surface area contributed by atoms with E-state index in [0.29, 0.717) is 12.5 Å². The van der Waals surface area contributed by atoms with Crippen LogP contribution in [-0.2, 0) is 16.1 Å². The summed E-state index contributed by atoms with van der Waals surface area (Å²) in [6, 6.07) is 0.254. The second-order valence-corrected chi connectivity index (χ2v) is 6.70. The Morgan fingerprint density at radius 3 is 2.56 bits per heavy atom. The van der Waals surface area contributed by atoms with Crippen LogP contribution in [0.15, 0.2) is 6.07 Å². The number of carboxylic acids is 1. The molecule has 0 aliphatic rings. The Balaban J connectivity index is 2.31. The van der Waals surface area contributed by atoms with Crippen LogP contribution in [0.1, 0.15) is 38.1 Å². The lowest BCUT2D eigenvalue weighted by Gasteiger charge is -2.27. The Bertz CT molecular complexity index is 810. The average molecular weight is 374 g/mol. The molecule has 0 spiro atoms. The summed E-state index contributed by atoms with van der Waals surface area (Å²) in [5, 5.41) is 8.96. The predicted octanol–water partition coefficient (Wildman–Crippen LogP) is 3.71. The zero-order valence-electron chi connectivity index (χ0n) is 13.7. The third-order valence-corrected chi connectivity index (χ3v) is 4.91. The first-order valence-corrected chi connectivity index (χ1v) is 8.50. The average Bonchev–Trinajstić information content (AvgIpc) is 2.99. The maximum Gasteiger partial charge on any atom is 0.303 e. The monoisotopic (exact) mass is 374 g/mol. The van der Waals surface area contributed by atoms with E-state index in [0.717, 1.165) is 11.3 Å². The number of carboxylic acid groups (broad SMARTS) is 1. The quantitative estimate of drug-likeness (QED) is 0.750. The molecule has 5 nitrogen and oxygen atoms in total. The Hall–Kier alpha value is -2.16. The van der Waals surface area contributed by atoms with E-state index in [2.05, 4.69) is 4.98 Å². The topological polar surface area (TPSA) is 70.5 Å². The Morgan fingerprint density at radius 1 is 1.28 bits per heavy atom. The summed E-state index contributed by atoms with van der Waals surface area (Å²) in [5.41, 5.74) is -0.403. The number of nitrogens with zero attached hydrogens (tertiary/aromatic N) is 2. The predicted molar refractivity (Wildman–Crippen MR) is 86.7 cm³/mol. The molecule has 0 aliphatic carbocycles. The number of carbonyl (C=O) groups is 2. The van der Waals surface area contributed by atoms with Gasteiger partial charge in [0.15, 0.2) is 11.6 Å². The summed E-state index contributed by atoms with van der Waals surface area (Å²) >= 11 is 0.842. The van der Waals surface area contributed by atoms with Crippen molar-refractivity contribution in [3.63, 3.8) is 0 Å². The molecule has 25 heavy (non-hydrogen) atoms. The van der Waals surface area contributed by atoms with Gasteiger partial charge in [0, 0.05) is 18.5 Å². The van der Waals surface area contributed by atoms with Crippen LogP contribution in [0.2, 0.25) is 0 Å². The van der Waals surface area contributed by atoms with Crippen LogP contribution in [0.3, 0.4) is 0 Å². The van der Waals surface area contributed by atoms with E-state index in [9.17, 15) is 22.8 Å². The van der Waals surface area contributed by atoms with Gasteiger partial charge in [0.2, 0.25) is 5.91 Å². The van der Waals surface area contributed by atoms with Gasteiger partial charge in [0.25, 0.3) is 0 Å². The Labute approximate surface area is 146 Å². The Kier molecular flexibility index (Phi) is 5.99. The lowest BCUT2D eigenvalue weighted by atomic mass is 10.2. The molecule has 0 saturated heterocycles. The second-order valence-electron chi connectivity index (χ2n) is 5.61. The molecule has 0 aliphatic heterocycles. The minimum absolute atomic E-state index is 0.0205. The molecule has 1 aromatic heterocycles. The van der Waals surface area contributed by atoms with Crippen molar-refractivity contribution in [1.29, 1.82) is 0 Å². The first kappa shape index (κ1) is 19.2. The summed E-state index contributed by atoms with van der Waals surface area (Å²) in [7, 11) is 0. The number of hydrogen-bond acceptors (Lipinski definition) is 4. The largest absolute Gasteiger partial charge is 0.481 e. The molecule has 0 bridgehead atoms. The molecule has 2 rings (SSSR count). The van der Waals surface area contributed by atoms with E-state index in [1.54, 1.807) is 6.92 Å². The maximum atomic E-state index is 13.8. The van der Waals surface area contributed by atoms with E-state index < -0.39 is 28.9 Å². The second kappa shape index (κ2) is 7.81. The minimum atomic E-state index is -1.32. The first-order chi connectivity index (χ1) is 11.7. The SMILES string of the molecule is CCC(C)N(Cc1nc2c(F)c(F)cc(F)c2s1)C(=O)CCC(=O)O. The van der Waals surface area contributed by atoms with Crippen LogP contribution in [0, 0.1) is 17.5 Å². The molecule has 1 unspecified atom stereocenters. The van der Waals surface area contributed by atoms with Gasteiger partial charge in [-0.2, -0.15) is 0 Å². The molecule has 136 valence electrons. The van der Waals surface area contributed by atoms with Gasteiger partial charge in [-0.15, -0.1) is 11.3 Å². The van der Waals surface area contributed by atoms with Gasteiger partial charge < -0.3 is 10.0 Å². The molecule has 0 fully saturated rings. The van der Waals surface area contributed by atoms with Crippen LogP contribution in [0.25, 0.3) is 10.2 Å². The third-order valence-electron chi connectivity index (χ3n) is 3.86. The molecule has 1 aromatic carbocycles. The fraction of sp³-hybridized carbons (Fsp3) is 0.438. The summed E-state index contributed by atoms with van der Waals surface area (Å²) in [6.07, 6.45) is 0.128. The van der Waals surface area contributed by atoms with Gasteiger partial charge in [-0.1, -0.05) is 6.92 Å².